The molecule has 0 amide bonds. The Morgan fingerprint density at radius 3 is 2.90 bits per heavy atom. The zero-order valence-corrected chi connectivity index (χ0v) is 12.6. The monoisotopic (exact) mass is 292 g/mol. The van der Waals surface area contributed by atoms with Crippen molar-refractivity contribution >= 4 is 5.97 Å². The quantitative estimate of drug-likeness (QED) is 0.821. The van der Waals surface area contributed by atoms with Crippen LogP contribution in [0.1, 0.15) is 66.4 Å². The fourth-order valence-corrected chi connectivity index (χ4v) is 3.46. The number of nitrogens with zero attached hydrogens (tertiary/aromatic N) is 2. The molecular formula is C15H24N4O2. The first-order chi connectivity index (χ1) is 10.2. The molecule has 0 saturated carbocycles. The van der Waals surface area contributed by atoms with Crippen LogP contribution in [0.3, 0.4) is 0 Å². The predicted molar refractivity (Wildman–Crippen MR) is 79.2 cm³/mol. The van der Waals surface area contributed by atoms with Gasteiger partial charge in [0.05, 0.1) is 12.6 Å². The van der Waals surface area contributed by atoms with Crippen LogP contribution in [0.15, 0.2) is 0 Å². The van der Waals surface area contributed by atoms with Crippen LogP contribution in [0, 0.1) is 0 Å². The molecule has 21 heavy (non-hydrogen) atoms. The Bertz CT molecular complexity index is 520. The summed E-state index contributed by atoms with van der Waals surface area (Å²) in [5.74, 6) is -0.334. The number of nitrogens with one attached hydrogen (secondary N) is 1. The minimum absolute atomic E-state index is 0.0939. The fourth-order valence-electron chi connectivity index (χ4n) is 3.46. The summed E-state index contributed by atoms with van der Waals surface area (Å²) in [5.41, 5.74) is 8.78. The molecule has 1 aromatic heterocycles. The molecule has 0 spiro atoms. The number of carbonyl (C=O) groups is 1. The van der Waals surface area contributed by atoms with Crippen molar-refractivity contribution in [1.82, 2.24) is 15.1 Å². The molecule has 3 rings (SSSR count). The number of esters is 1. The summed E-state index contributed by atoms with van der Waals surface area (Å²) in [6.07, 6.45) is 5.03. The smallest absolute Gasteiger partial charge is 0.359 e. The van der Waals surface area contributed by atoms with Crippen molar-refractivity contribution in [2.75, 3.05) is 19.7 Å². The van der Waals surface area contributed by atoms with Gasteiger partial charge < -0.3 is 15.8 Å². The number of piperidine rings is 1. The van der Waals surface area contributed by atoms with Gasteiger partial charge in [0.15, 0.2) is 5.69 Å². The Labute approximate surface area is 125 Å². The first-order valence-corrected chi connectivity index (χ1v) is 7.97. The molecule has 1 unspecified atom stereocenters. The largest absolute Gasteiger partial charge is 0.461 e. The topological polar surface area (TPSA) is 82.2 Å². The number of nitrogens with two attached hydrogens (primary N) is 1. The fraction of sp³-hybridized carbons (Fsp3) is 0.733. The van der Waals surface area contributed by atoms with Crippen LogP contribution in [0.25, 0.3) is 0 Å². The maximum absolute atomic E-state index is 12.2. The lowest BCUT2D eigenvalue weighted by Gasteiger charge is -2.27. The minimum Gasteiger partial charge on any atom is -0.461 e. The molecule has 2 aliphatic rings. The van der Waals surface area contributed by atoms with E-state index in [0.717, 1.165) is 56.5 Å². The number of fused-ring (bicyclic) bond motifs is 1. The average molecular weight is 292 g/mol. The van der Waals surface area contributed by atoms with Gasteiger partial charge in [-0.1, -0.05) is 0 Å². The summed E-state index contributed by atoms with van der Waals surface area (Å²) in [6, 6.07) is 0.275. The van der Waals surface area contributed by atoms with Crippen molar-refractivity contribution in [3.05, 3.63) is 17.0 Å². The number of rotatable bonds is 3. The van der Waals surface area contributed by atoms with Gasteiger partial charge in [0.2, 0.25) is 0 Å². The van der Waals surface area contributed by atoms with Crippen LogP contribution in [0.5, 0.6) is 0 Å². The molecule has 1 aliphatic carbocycles. The first-order valence-electron chi connectivity index (χ1n) is 7.97. The first kappa shape index (κ1) is 14.5. The highest BCUT2D eigenvalue weighted by Crippen LogP contribution is 2.34. The minimum atomic E-state index is -0.334. The molecular weight excluding hydrogens is 268 g/mol. The summed E-state index contributed by atoms with van der Waals surface area (Å²) in [4.78, 5) is 12.2. The van der Waals surface area contributed by atoms with Gasteiger partial charge in [-0.15, -0.1) is 0 Å². The molecule has 0 bridgehead atoms. The van der Waals surface area contributed by atoms with Gasteiger partial charge in [0.1, 0.15) is 0 Å². The third-order valence-corrected chi connectivity index (χ3v) is 4.47. The van der Waals surface area contributed by atoms with Crippen LogP contribution in [-0.4, -0.2) is 35.4 Å². The molecule has 3 N–H and O–H groups in total. The number of aromatic nitrogens is 2. The summed E-state index contributed by atoms with van der Waals surface area (Å²) < 4.78 is 7.23. The second-order valence-corrected chi connectivity index (χ2v) is 5.85. The number of ether oxygens (including phenoxy) is 1. The third-order valence-electron chi connectivity index (χ3n) is 4.47. The highest BCUT2D eigenvalue weighted by atomic mass is 16.5. The van der Waals surface area contributed by atoms with Gasteiger partial charge in [-0.05, 0) is 52.1 Å². The summed E-state index contributed by atoms with van der Waals surface area (Å²) in [7, 11) is 0. The molecule has 0 aromatic carbocycles. The van der Waals surface area contributed by atoms with Crippen molar-refractivity contribution in [1.29, 1.82) is 0 Å². The lowest BCUT2D eigenvalue weighted by molar-refractivity contribution is 0.0516. The number of hydrogen-bond donors (Lipinski definition) is 2. The number of carbonyl (C=O) groups excluding carboxylic acids is 1. The van der Waals surface area contributed by atoms with Crippen LogP contribution in [0.2, 0.25) is 0 Å². The van der Waals surface area contributed by atoms with Crippen molar-refractivity contribution in [2.45, 2.75) is 51.1 Å². The van der Waals surface area contributed by atoms with Gasteiger partial charge in [0, 0.05) is 17.3 Å². The Morgan fingerprint density at radius 1 is 1.43 bits per heavy atom. The molecule has 1 saturated heterocycles. The molecule has 1 aliphatic heterocycles. The van der Waals surface area contributed by atoms with Crippen molar-refractivity contribution < 1.29 is 9.53 Å². The standard InChI is InChI=1S/C15H24N4O2/c1-2-21-15(20)14-13-11(16)4-3-5-12(13)19(18-14)10-6-8-17-9-7-10/h10-11,17H,2-9,16H2,1H3. The lowest BCUT2D eigenvalue weighted by Crippen LogP contribution is -2.31. The van der Waals surface area contributed by atoms with Crippen LogP contribution >= 0.6 is 0 Å². The molecule has 1 atom stereocenters. The Morgan fingerprint density at radius 2 is 2.19 bits per heavy atom. The van der Waals surface area contributed by atoms with E-state index in [1.165, 1.54) is 0 Å². The number of hydrogen-bond acceptors (Lipinski definition) is 5. The van der Waals surface area contributed by atoms with E-state index in [4.69, 9.17) is 10.5 Å². The van der Waals surface area contributed by atoms with Crippen molar-refractivity contribution in [3.63, 3.8) is 0 Å². The average Bonchev–Trinajstić information content (AvgIpc) is 2.89. The van der Waals surface area contributed by atoms with E-state index in [0.29, 0.717) is 18.3 Å². The molecule has 6 heteroatoms. The molecule has 2 heterocycles. The van der Waals surface area contributed by atoms with E-state index in [1.54, 1.807) is 0 Å². The maximum atomic E-state index is 12.2. The predicted octanol–water partition coefficient (Wildman–Crippen LogP) is 1.32. The second-order valence-electron chi connectivity index (χ2n) is 5.85. The van der Waals surface area contributed by atoms with Crippen LogP contribution in [-0.2, 0) is 11.2 Å². The van der Waals surface area contributed by atoms with E-state index in [-0.39, 0.29) is 12.0 Å². The van der Waals surface area contributed by atoms with Crippen LogP contribution < -0.4 is 11.1 Å². The zero-order valence-electron chi connectivity index (χ0n) is 12.6. The highest BCUT2D eigenvalue weighted by Gasteiger charge is 2.32. The SMILES string of the molecule is CCOC(=O)c1nn(C2CCNCC2)c2c1C(N)CCC2. The lowest BCUT2D eigenvalue weighted by atomic mass is 9.91. The molecule has 1 fully saturated rings. The summed E-state index contributed by atoms with van der Waals surface area (Å²) in [5, 5.41) is 7.98. The Kier molecular flexibility index (Phi) is 4.26. The van der Waals surface area contributed by atoms with E-state index in [9.17, 15) is 4.79 Å². The highest BCUT2D eigenvalue weighted by molar-refractivity contribution is 5.89. The van der Waals surface area contributed by atoms with Crippen molar-refractivity contribution in [2.24, 2.45) is 5.73 Å². The van der Waals surface area contributed by atoms with Gasteiger partial charge >= 0.3 is 5.97 Å². The van der Waals surface area contributed by atoms with Crippen LogP contribution in [0.4, 0.5) is 0 Å². The van der Waals surface area contributed by atoms with Gasteiger partial charge in [-0.2, -0.15) is 5.10 Å². The summed E-state index contributed by atoms with van der Waals surface area (Å²) >= 11 is 0. The molecule has 6 nitrogen and oxygen atoms in total. The zero-order chi connectivity index (χ0) is 14.8. The molecule has 116 valence electrons. The van der Waals surface area contributed by atoms with E-state index < -0.39 is 0 Å². The van der Waals surface area contributed by atoms with Gasteiger partial charge in [-0.25, -0.2) is 4.79 Å². The second kappa shape index (κ2) is 6.15. The van der Waals surface area contributed by atoms with E-state index in [1.807, 2.05) is 6.92 Å². The maximum Gasteiger partial charge on any atom is 0.359 e. The van der Waals surface area contributed by atoms with Gasteiger partial charge in [0.25, 0.3) is 0 Å². The summed E-state index contributed by atoms with van der Waals surface area (Å²) in [6.45, 7) is 4.18. The Hall–Kier alpha value is -1.40. The van der Waals surface area contributed by atoms with E-state index >= 15 is 0 Å². The molecule has 0 radical (unpaired) electrons. The normalized spacial score (nSPS) is 22.9. The van der Waals surface area contributed by atoms with Gasteiger partial charge in [-0.3, -0.25) is 4.68 Å². The molecule has 1 aromatic rings. The van der Waals surface area contributed by atoms with Crippen molar-refractivity contribution in [3.8, 4) is 0 Å². The third kappa shape index (κ3) is 2.70. The van der Waals surface area contributed by atoms with E-state index in [2.05, 4.69) is 15.1 Å². The Balaban J connectivity index is 2.00.